The van der Waals surface area contributed by atoms with Crippen LogP contribution in [-0.2, 0) is 57.1 Å². The van der Waals surface area contributed by atoms with E-state index in [1.165, 1.54) is 0 Å². The maximum atomic E-state index is 7.75. The van der Waals surface area contributed by atoms with E-state index in [1.54, 1.807) is 28.4 Å². The van der Waals surface area contributed by atoms with Crippen molar-refractivity contribution in [2.75, 3.05) is 28.4 Å². The van der Waals surface area contributed by atoms with Gasteiger partial charge in [0, 0.05) is 30.4 Å². The molecule has 2 aliphatic rings. The monoisotopic (exact) mass is 1130 g/mol. The van der Waals surface area contributed by atoms with E-state index >= 15 is 0 Å². The van der Waals surface area contributed by atoms with Crippen LogP contribution >= 0.6 is 11.6 Å². The highest BCUT2D eigenvalue weighted by molar-refractivity contribution is 6.74. The number of hydrogen-bond donors (Lipinski definition) is 0. The minimum Gasteiger partial charge on any atom is -0.497 e. The van der Waals surface area contributed by atoms with Crippen LogP contribution in [0.15, 0.2) is 109 Å². The van der Waals surface area contributed by atoms with E-state index in [-0.39, 0.29) is 46.8 Å². The zero-order chi connectivity index (χ0) is 57.6. The number of benzene rings is 3. The van der Waals surface area contributed by atoms with Gasteiger partial charge in [0.25, 0.3) is 0 Å². The summed E-state index contributed by atoms with van der Waals surface area (Å²) in [5.74, 6) is 0.742. The first-order valence-corrected chi connectivity index (χ1v) is 34.6. The van der Waals surface area contributed by atoms with Gasteiger partial charge in [-0.1, -0.05) is 154 Å². The van der Waals surface area contributed by atoms with Gasteiger partial charge >= 0.3 is 0 Å². The molecule has 3 aromatic rings. The summed E-state index contributed by atoms with van der Waals surface area (Å²) in [4.78, 5) is 0. The van der Waals surface area contributed by atoms with Crippen LogP contribution in [0.1, 0.15) is 124 Å². The summed E-state index contributed by atoms with van der Waals surface area (Å²) < 4.78 is 75.4. The van der Waals surface area contributed by atoms with Gasteiger partial charge in [-0.15, -0.1) is 0 Å². The molecule has 78 heavy (non-hydrogen) atoms. The lowest BCUT2D eigenvalue weighted by Crippen LogP contribution is -2.67. The van der Waals surface area contributed by atoms with Crippen LogP contribution in [0.2, 0.25) is 36.3 Å². The Balaban J connectivity index is 1.70. The number of methoxy groups -OCH3 is 4. The average Bonchev–Trinajstić information content (AvgIpc) is 3.51. The molecule has 5 rings (SSSR count). The second-order valence-corrected chi connectivity index (χ2v) is 34.9. The Bertz CT molecular complexity index is 2330. The molecule has 2 fully saturated rings. The van der Waals surface area contributed by atoms with E-state index in [4.69, 9.17) is 69.7 Å². The van der Waals surface area contributed by atoms with Gasteiger partial charge in [0.15, 0.2) is 22.4 Å². The quantitative estimate of drug-likeness (QED) is 0.0287. The number of allylic oxidation sites excluding steroid dienone is 2. The highest BCUT2D eigenvalue weighted by Crippen LogP contribution is 2.48. The summed E-state index contributed by atoms with van der Waals surface area (Å²) in [5, 5.41) is 0.360. The van der Waals surface area contributed by atoms with Gasteiger partial charge in [-0.25, -0.2) is 0 Å². The Labute approximate surface area is 478 Å². The lowest BCUT2D eigenvalue weighted by atomic mass is 9.78. The third kappa shape index (κ3) is 17.8. The van der Waals surface area contributed by atoms with Crippen molar-refractivity contribution in [2.24, 2.45) is 11.8 Å². The van der Waals surface area contributed by atoms with Crippen molar-refractivity contribution >= 4 is 28.2 Å². The lowest BCUT2D eigenvalue weighted by molar-refractivity contribution is -0.368. The molecule has 0 spiro atoms. The topological polar surface area (TPSA) is 102 Å². The largest absolute Gasteiger partial charge is 0.497 e. The van der Waals surface area contributed by atoms with E-state index in [9.17, 15) is 0 Å². The third-order valence-electron chi connectivity index (χ3n) is 17.0. The number of halogens is 1. The second-order valence-electron chi connectivity index (χ2n) is 24.9. The van der Waals surface area contributed by atoms with E-state index in [2.05, 4.69) is 95.1 Å². The Morgan fingerprint density at radius 1 is 0.705 bits per heavy atom. The van der Waals surface area contributed by atoms with Crippen molar-refractivity contribution < 1.29 is 51.5 Å². The van der Waals surface area contributed by atoms with Crippen molar-refractivity contribution in [1.29, 1.82) is 0 Å². The fourth-order valence-corrected chi connectivity index (χ4v) is 12.8. The summed E-state index contributed by atoms with van der Waals surface area (Å²) in [5.41, 5.74) is 3.86. The van der Waals surface area contributed by atoms with Crippen molar-refractivity contribution in [3.8, 4) is 17.2 Å². The molecule has 436 valence electrons. The average molecular weight is 1140 g/mol. The van der Waals surface area contributed by atoms with Crippen LogP contribution in [0.3, 0.4) is 0 Å². The third-order valence-corrected chi connectivity index (χ3v) is 26.1. The van der Waals surface area contributed by atoms with Gasteiger partial charge in [0.05, 0.1) is 77.8 Å². The summed E-state index contributed by atoms with van der Waals surface area (Å²) in [6, 6.07) is 24.0. The first-order chi connectivity index (χ1) is 36.7. The molecular weight excluding hydrogens is 1040 g/mol. The maximum Gasteiger partial charge on any atom is 0.199 e. The van der Waals surface area contributed by atoms with Gasteiger partial charge < -0.3 is 51.5 Å². The predicted molar refractivity (Wildman–Crippen MR) is 322 cm³/mol. The number of hydrogen-bond acceptors (Lipinski definition) is 11. The maximum absolute atomic E-state index is 7.75. The minimum absolute atomic E-state index is 0.0307. The van der Waals surface area contributed by atoms with Crippen molar-refractivity contribution in [2.45, 2.75) is 218 Å². The molecule has 3 aromatic carbocycles. The molecular formula is C64H99ClO11Si2. The molecule has 0 aliphatic carbocycles. The highest BCUT2D eigenvalue weighted by Gasteiger charge is 2.59. The fraction of sp³-hybridized carbons (Fsp3) is 0.625. The molecule has 0 bridgehead atoms. The smallest absolute Gasteiger partial charge is 0.199 e. The molecule has 2 saturated heterocycles. The van der Waals surface area contributed by atoms with Crippen molar-refractivity contribution in [3.63, 3.8) is 0 Å². The molecule has 11 nitrogen and oxygen atoms in total. The van der Waals surface area contributed by atoms with Gasteiger partial charge in [-0.2, -0.15) is 0 Å². The second kappa shape index (κ2) is 29.1. The number of unbranched alkanes of at least 4 members (excludes halogenated alkanes) is 2. The predicted octanol–water partition coefficient (Wildman–Crippen LogP) is 15.9. The van der Waals surface area contributed by atoms with Gasteiger partial charge in [-0.3, -0.25) is 0 Å². The van der Waals surface area contributed by atoms with Gasteiger partial charge in [0.1, 0.15) is 29.5 Å². The molecule has 11 atom stereocenters. The molecule has 0 aromatic heterocycles. The van der Waals surface area contributed by atoms with E-state index in [1.807, 2.05) is 84.9 Å². The zero-order valence-electron chi connectivity index (χ0n) is 50.7. The van der Waals surface area contributed by atoms with Crippen molar-refractivity contribution in [1.82, 2.24) is 0 Å². The molecule has 14 heteroatoms. The Morgan fingerprint density at radius 2 is 1.21 bits per heavy atom. The van der Waals surface area contributed by atoms with E-state index < -0.39 is 52.9 Å². The normalized spacial score (nSPS) is 25.2. The zero-order valence-corrected chi connectivity index (χ0v) is 53.5. The Kier molecular flexibility index (Phi) is 24.4. The molecule has 0 amide bonds. The summed E-state index contributed by atoms with van der Waals surface area (Å²) in [6.07, 6.45) is 5.45. The van der Waals surface area contributed by atoms with Crippen LogP contribution < -0.4 is 14.2 Å². The first kappa shape index (κ1) is 65.5. The van der Waals surface area contributed by atoms with Crippen LogP contribution in [0, 0.1) is 11.8 Å². The minimum atomic E-state index is -2.32. The Hall–Kier alpha value is -3.32. The van der Waals surface area contributed by atoms with Crippen LogP contribution in [0.4, 0.5) is 0 Å². The van der Waals surface area contributed by atoms with E-state index in [0.29, 0.717) is 37.5 Å². The summed E-state index contributed by atoms with van der Waals surface area (Å²) in [7, 11) is 2.18. The first-order valence-electron chi connectivity index (χ1n) is 28.4. The fourth-order valence-electron chi connectivity index (χ4n) is 10.0. The van der Waals surface area contributed by atoms with Gasteiger partial charge in [0.2, 0.25) is 0 Å². The number of rotatable bonds is 29. The lowest BCUT2D eigenvalue weighted by Gasteiger charge is -2.55. The van der Waals surface area contributed by atoms with Crippen LogP contribution in [-0.4, -0.2) is 99.7 Å². The van der Waals surface area contributed by atoms with Crippen molar-refractivity contribution in [3.05, 3.63) is 125 Å². The Morgan fingerprint density at radius 3 is 1.67 bits per heavy atom. The molecule has 0 N–H and O–H groups in total. The standard InChI is InChI=1S/C64H99ClO11Si2/c1-20-21-22-23-55-46(4)57(76-78(18,19)63(9,10)11)40-64(69-15,74-55)61(72-43-50-29-36-53(68-14)37-30-50)59-47(5)58(70-41-48-25-32-51(66-12)33-26-48)60(71-42-49-27-34-52(67-13)35-28-49)56(73-59)39-44(2)38-54(31-24-45(3)65)75-77(16,17)62(6,7)8/h24-37,46-47,54-61H,2-3,20-23,38-43H2,1,4-19H3/b31-24+/t46-,47+,54+,55+,56+,57-,58+,59+,60+,61-,64+/m0/s1. The van der Waals surface area contributed by atoms with Gasteiger partial charge in [-0.05, 0) is 115 Å². The molecule has 0 radical (unpaired) electrons. The molecule has 0 unspecified atom stereocenters. The van der Waals surface area contributed by atoms with Crippen LogP contribution in [0.25, 0.3) is 0 Å². The van der Waals surface area contributed by atoms with Crippen LogP contribution in [0.5, 0.6) is 17.2 Å². The summed E-state index contributed by atoms with van der Waals surface area (Å²) in [6.45, 7) is 39.1. The number of ether oxygens (including phenoxy) is 9. The molecule has 2 aliphatic heterocycles. The van der Waals surface area contributed by atoms with E-state index in [0.717, 1.165) is 65.2 Å². The summed E-state index contributed by atoms with van der Waals surface area (Å²) >= 11 is 6.38. The highest BCUT2D eigenvalue weighted by atomic mass is 35.5. The molecule has 0 saturated carbocycles. The SMILES string of the molecule is C=C(Cl)/C=C/[C@H](CC(=C)C[C@H]1O[C@@H]([C@H](OCc2ccc(OC)cc2)[C@@]2(OC)C[C@H](O[Si](C)(C)C(C)(C)C)[C@@H](C)[C@@H](CCCCC)O2)[C@H](C)[C@@H](OCc2ccc(OC)cc2)[C@@H]1OCc1ccc(OC)cc1)O[Si](C)(C)C(C)(C)C. The molecule has 2 heterocycles.